The number of thioether (sulfide) groups is 1. The monoisotopic (exact) mass is 284 g/mol. The normalized spacial score (nSPS) is 13.8. The van der Waals surface area contributed by atoms with Gasteiger partial charge in [0.25, 0.3) is 0 Å². The predicted molar refractivity (Wildman–Crippen MR) is 63.5 cm³/mol. The van der Waals surface area contributed by atoms with E-state index in [-0.39, 0.29) is 10.3 Å². The second-order valence-corrected chi connectivity index (χ2v) is 5.33. The Morgan fingerprint density at radius 2 is 2.18 bits per heavy atom. The van der Waals surface area contributed by atoms with Crippen molar-refractivity contribution in [3.8, 4) is 0 Å². The van der Waals surface area contributed by atoms with Gasteiger partial charge in [-0.25, -0.2) is 4.98 Å². The molecule has 1 unspecified atom stereocenters. The molecule has 96 valence electrons. The summed E-state index contributed by atoms with van der Waals surface area (Å²) in [5.74, 6) is 0. The molecule has 7 heteroatoms. The van der Waals surface area contributed by atoms with E-state index in [1.54, 1.807) is 7.05 Å². The Labute approximate surface area is 107 Å². The number of aromatic nitrogens is 1. The van der Waals surface area contributed by atoms with Crippen molar-refractivity contribution < 1.29 is 13.2 Å². The maximum absolute atomic E-state index is 12.4. The predicted octanol–water partition coefficient (Wildman–Crippen LogP) is 3.45. The smallest absolute Gasteiger partial charge is 0.319 e. The van der Waals surface area contributed by atoms with Crippen molar-refractivity contribution in [2.45, 2.75) is 23.4 Å². The SMILES string of the molecule is CNCC(C)Sc1ncc(C(F)(F)F)cc1Cl. The first-order chi connectivity index (χ1) is 7.84. The molecule has 0 aliphatic rings. The Morgan fingerprint density at radius 1 is 1.53 bits per heavy atom. The highest BCUT2D eigenvalue weighted by atomic mass is 35.5. The zero-order valence-corrected chi connectivity index (χ0v) is 10.9. The molecule has 2 nitrogen and oxygen atoms in total. The molecule has 0 amide bonds. The molecule has 0 aromatic carbocycles. The average molecular weight is 285 g/mol. The fraction of sp³-hybridized carbons (Fsp3) is 0.500. The van der Waals surface area contributed by atoms with Crippen molar-refractivity contribution >= 4 is 23.4 Å². The molecule has 0 aliphatic carbocycles. The zero-order valence-electron chi connectivity index (χ0n) is 9.31. The summed E-state index contributed by atoms with van der Waals surface area (Å²) in [6.07, 6.45) is -3.60. The number of nitrogens with zero attached hydrogens (tertiary/aromatic N) is 1. The summed E-state index contributed by atoms with van der Waals surface area (Å²) < 4.78 is 37.1. The van der Waals surface area contributed by atoms with E-state index in [2.05, 4.69) is 10.3 Å². The molecule has 0 saturated heterocycles. The van der Waals surface area contributed by atoms with Crippen LogP contribution in [0, 0.1) is 0 Å². The Kier molecular flexibility index (Phi) is 5.09. The lowest BCUT2D eigenvalue weighted by atomic mass is 10.3. The lowest BCUT2D eigenvalue weighted by molar-refractivity contribution is -0.137. The Bertz CT molecular complexity index is 384. The van der Waals surface area contributed by atoms with Crippen LogP contribution in [0.3, 0.4) is 0 Å². The number of hydrogen-bond acceptors (Lipinski definition) is 3. The largest absolute Gasteiger partial charge is 0.417 e. The summed E-state index contributed by atoms with van der Waals surface area (Å²) in [4.78, 5) is 3.75. The molecule has 0 bridgehead atoms. The molecule has 17 heavy (non-hydrogen) atoms. The van der Waals surface area contributed by atoms with E-state index < -0.39 is 11.7 Å². The van der Waals surface area contributed by atoms with E-state index in [0.29, 0.717) is 5.03 Å². The van der Waals surface area contributed by atoms with Gasteiger partial charge in [0.05, 0.1) is 10.6 Å². The molecule has 1 atom stereocenters. The Hall–Kier alpha value is -0.460. The summed E-state index contributed by atoms with van der Waals surface area (Å²) in [6, 6.07) is 0.906. The van der Waals surface area contributed by atoms with E-state index in [1.165, 1.54) is 11.8 Å². The topological polar surface area (TPSA) is 24.9 Å². The number of nitrogens with one attached hydrogen (secondary N) is 1. The maximum atomic E-state index is 12.4. The first kappa shape index (κ1) is 14.6. The molecule has 1 aromatic heterocycles. The van der Waals surface area contributed by atoms with Gasteiger partial charge in [-0.1, -0.05) is 18.5 Å². The summed E-state index contributed by atoms with van der Waals surface area (Å²) >= 11 is 7.12. The third-order valence-corrected chi connectivity index (χ3v) is 3.46. The molecular weight excluding hydrogens is 273 g/mol. The van der Waals surface area contributed by atoms with Gasteiger partial charge in [0.1, 0.15) is 5.03 Å². The molecular formula is C10H12ClF3N2S. The molecule has 1 heterocycles. The minimum absolute atomic E-state index is 0.0350. The van der Waals surface area contributed by atoms with Gasteiger partial charge < -0.3 is 5.32 Å². The van der Waals surface area contributed by atoms with Gasteiger partial charge in [0.2, 0.25) is 0 Å². The summed E-state index contributed by atoms with van der Waals surface area (Å²) in [7, 11) is 1.80. The zero-order chi connectivity index (χ0) is 13.1. The molecule has 0 radical (unpaired) electrons. The highest BCUT2D eigenvalue weighted by Crippen LogP contribution is 2.34. The van der Waals surface area contributed by atoms with Crippen LogP contribution in [-0.4, -0.2) is 23.8 Å². The van der Waals surface area contributed by atoms with Gasteiger partial charge in [-0.15, -0.1) is 11.8 Å². The van der Waals surface area contributed by atoms with Crippen LogP contribution in [0.25, 0.3) is 0 Å². The van der Waals surface area contributed by atoms with Crippen molar-refractivity contribution in [3.05, 3.63) is 22.8 Å². The quantitative estimate of drug-likeness (QED) is 0.857. The Morgan fingerprint density at radius 3 is 2.65 bits per heavy atom. The van der Waals surface area contributed by atoms with E-state index in [9.17, 15) is 13.2 Å². The first-order valence-corrected chi connectivity index (χ1v) is 6.14. The number of pyridine rings is 1. The van der Waals surface area contributed by atoms with Gasteiger partial charge in [0.15, 0.2) is 0 Å². The van der Waals surface area contributed by atoms with Gasteiger partial charge in [-0.3, -0.25) is 0 Å². The van der Waals surface area contributed by atoms with Crippen LogP contribution in [0.4, 0.5) is 13.2 Å². The average Bonchev–Trinajstić information content (AvgIpc) is 2.20. The molecule has 0 saturated carbocycles. The molecule has 1 N–H and O–H groups in total. The van der Waals surface area contributed by atoms with E-state index in [4.69, 9.17) is 11.6 Å². The van der Waals surface area contributed by atoms with Crippen molar-refractivity contribution in [2.75, 3.05) is 13.6 Å². The number of halogens is 4. The number of rotatable bonds is 4. The highest BCUT2D eigenvalue weighted by molar-refractivity contribution is 8.00. The van der Waals surface area contributed by atoms with Crippen LogP contribution in [0.15, 0.2) is 17.3 Å². The molecule has 0 aliphatic heterocycles. The third kappa shape index (κ3) is 4.37. The summed E-state index contributed by atoms with van der Waals surface area (Å²) in [5, 5.41) is 3.61. The summed E-state index contributed by atoms with van der Waals surface area (Å²) in [6.45, 7) is 2.67. The van der Waals surface area contributed by atoms with Crippen LogP contribution in [-0.2, 0) is 6.18 Å². The van der Waals surface area contributed by atoms with E-state index in [1.807, 2.05) is 6.92 Å². The molecule has 1 aromatic rings. The number of alkyl halides is 3. The number of hydrogen-bond donors (Lipinski definition) is 1. The van der Waals surface area contributed by atoms with Crippen LogP contribution in [0.1, 0.15) is 12.5 Å². The second-order valence-electron chi connectivity index (χ2n) is 3.49. The molecule has 0 fully saturated rings. The van der Waals surface area contributed by atoms with Gasteiger partial charge in [0, 0.05) is 18.0 Å². The fourth-order valence-electron chi connectivity index (χ4n) is 1.19. The lowest BCUT2D eigenvalue weighted by Crippen LogP contribution is -2.18. The van der Waals surface area contributed by atoms with Crippen LogP contribution in [0.5, 0.6) is 0 Å². The standard InChI is InChI=1S/C10H12ClF3N2S/c1-6(4-15-2)17-9-8(11)3-7(5-16-9)10(12,13)14/h3,5-6,15H,4H2,1-2H3. The van der Waals surface area contributed by atoms with E-state index >= 15 is 0 Å². The van der Waals surface area contributed by atoms with Crippen molar-refractivity contribution in [3.63, 3.8) is 0 Å². The lowest BCUT2D eigenvalue weighted by Gasteiger charge is -2.12. The van der Waals surface area contributed by atoms with Crippen LogP contribution >= 0.6 is 23.4 Å². The Balaban J connectivity index is 2.83. The van der Waals surface area contributed by atoms with Crippen molar-refractivity contribution in [1.82, 2.24) is 10.3 Å². The highest BCUT2D eigenvalue weighted by Gasteiger charge is 2.31. The van der Waals surface area contributed by atoms with Gasteiger partial charge in [-0.2, -0.15) is 13.2 Å². The van der Waals surface area contributed by atoms with Crippen molar-refractivity contribution in [1.29, 1.82) is 0 Å². The van der Waals surface area contributed by atoms with E-state index in [0.717, 1.165) is 18.8 Å². The summed E-state index contributed by atoms with van der Waals surface area (Å²) in [5.41, 5.74) is -0.826. The minimum Gasteiger partial charge on any atom is -0.319 e. The van der Waals surface area contributed by atoms with Crippen LogP contribution < -0.4 is 5.32 Å². The molecule has 0 spiro atoms. The van der Waals surface area contributed by atoms with Gasteiger partial charge >= 0.3 is 6.18 Å². The molecule has 1 rings (SSSR count). The second kappa shape index (κ2) is 5.93. The third-order valence-electron chi connectivity index (χ3n) is 1.94. The van der Waals surface area contributed by atoms with Gasteiger partial charge in [-0.05, 0) is 13.1 Å². The van der Waals surface area contributed by atoms with Crippen LogP contribution in [0.2, 0.25) is 5.02 Å². The minimum atomic E-state index is -4.41. The first-order valence-electron chi connectivity index (χ1n) is 4.88. The maximum Gasteiger partial charge on any atom is 0.417 e. The van der Waals surface area contributed by atoms with Crippen molar-refractivity contribution in [2.24, 2.45) is 0 Å². The fourth-order valence-corrected chi connectivity index (χ4v) is 2.40.